The van der Waals surface area contributed by atoms with E-state index >= 15 is 0 Å². The lowest BCUT2D eigenvalue weighted by Crippen LogP contribution is -2.05. The maximum atomic E-state index is 10.8. The molecule has 0 aliphatic heterocycles. The molecule has 56 valence electrons. The van der Waals surface area contributed by atoms with Crippen molar-refractivity contribution in [3.8, 4) is 0 Å². The van der Waals surface area contributed by atoms with Crippen molar-refractivity contribution in [1.29, 1.82) is 0 Å². The minimum Gasteiger partial charge on any atom is -0.176 e. The van der Waals surface area contributed by atoms with E-state index < -0.39 is 13.2 Å². The minimum absolute atomic E-state index is 2.82. The Morgan fingerprint density at radius 1 is 0.778 bits per heavy atom. The van der Waals surface area contributed by atoms with Crippen LogP contribution in [-0.2, 0) is 14.8 Å². The summed E-state index contributed by atoms with van der Waals surface area (Å²) in [6, 6.07) is 0. The highest BCUT2D eigenvalue weighted by molar-refractivity contribution is 3.92. The van der Waals surface area contributed by atoms with E-state index in [9.17, 15) is 17.6 Å². The number of rotatable bonds is 4. The highest BCUT2D eigenvalue weighted by Gasteiger charge is 2.07. The van der Waals surface area contributed by atoms with E-state index in [0.717, 1.165) is 0 Å². The summed E-state index contributed by atoms with van der Waals surface area (Å²) in [5.41, 5.74) is 0. The first kappa shape index (κ1) is 8.60. The number of halogens is 4. The van der Waals surface area contributed by atoms with Gasteiger partial charge in [-0.2, -0.15) is 17.6 Å². The predicted molar refractivity (Wildman–Crippen MR) is 15.3 cm³/mol. The molecule has 0 N–H and O–H groups in total. The Balaban J connectivity index is 2.91. The molecule has 0 radical (unpaired) electrons. The first-order valence-corrected chi connectivity index (χ1v) is 1.68. The minimum atomic E-state index is -3.29. The second-order valence-corrected chi connectivity index (χ2v) is 0.782. The number of hydrogen-bond acceptors (Lipinski definition) is 3. The van der Waals surface area contributed by atoms with Crippen LogP contribution in [0, 0.1) is 0 Å². The summed E-state index contributed by atoms with van der Waals surface area (Å²) in [5.74, 6) is 0. The normalized spacial score (nSPS) is 11.3. The average molecular weight is 150 g/mol. The van der Waals surface area contributed by atoms with Crippen molar-refractivity contribution in [3.05, 3.63) is 0 Å². The first-order valence-electron chi connectivity index (χ1n) is 1.68. The monoisotopic (exact) mass is 150 g/mol. The summed E-state index contributed by atoms with van der Waals surface area (Å²) in [7, 11) is 0. The third-order valence-electron chi connectivity index (χ3n) is 0.224. The van der Waals surface area contributed by atoms with Crippen molar-refractivity contribution in [2.75, 3.05) is 0 Å². The van der Waals surface area contributed by atoms with Crippen molar-refractivity contribution in [3.63, 3.8) is 0 Å². The molecule has 0 aromatic rings. The van der Waals surface area contributed by atoms with Gasteiger partial charge in [-0.1, -0.05) is 5.04 Å². The third-order valence-corrected chi connectivity index (χ3v) is 0.224. The zero-order valence-electron chi connectivity index (χ0n) is 3.89. The Labute approximate surface area is 47.0 Å². The van der Waals surface area contributed by atoms with Gasteiger partial charge in [0.25, 0.3) is 0 Å². The summed E-state index contributed by atoms with van der Waals surface area (Å²) in [6.45, 7) is -6.58. The molecule has 0 atom stereocenters. The number of alkyl halides is 4. The topological polar surface area (TPSA) is 27.7 Å². The lowest BCUT2D eigenvalue weighted by Gasteiger charge is -1.98. The molecule has 3 nitrogen and oxygen atoms in total. The van der Waals surface area contributed by atoms with Crippen molar-refractivity contribution in [1.82, 2.24) is 0 Å². The number of hydrogen-bond donors (Lipinski definition) is 0. The van der Waals surface area contributed by atoms with Gasteiger partial charge >= 0.3 is 13.2 Å². The Morgan fingerprint density at radius 2 is 1.11 bits per heavy atom. The van der Waals surface area contributed by atoms with Gasteiger partial charge in [0.2, 0.25) is 0 Å². The summed E-state index contributed by atoms with van der Waals surface area (Å²) in [5, 5.41) is 2.86. The summed E-state index contributed by atoms with van der Waals surface area (Å²) in [6.07, 6.45) is 0. The van der Waals surface area contributed by atoms with Gasteiger partial charge in [0.15, 0.2) is 0 Å². The molecule has 0 saturated carbocycles. The Hall–Kier alpha value is -0.400. The van der Waals surface area contributed by atoms with Crippen LogP contribution in [0.1, 0.15) is 0 Å². The zero-order chi connectivity index (χ0) is 7.28. The average Bonchev–Trinajstić information content (AvgIpc) is 1.63. The molecular weight excluding hydrogens is 148 g/mol. The predicted octanol–water partition coefficient (Wildman–Crippen LogP) is 1.31. The third kappa shape index (κ3) is 7.60. The van der Waals surface area contributed by atoms with Gasteiger partial charge in [0.05, 0.1) is 0 Å². The van der Waals surface area contributed by atoms with Gasteiger partial charge in [-0.15, -0.1) is 9.78 Å². The maximum absolute atomic E-state index is 10.8. The van der Waals surface area contributed by atoms with Crippen LogP contribution in [-0.4, -0.2) is 13.2 Å². The second-order valence-electron chi connectivity index (χ2n) is 0.782. The molecule has 7 heteroatoms. The highest BCUT2D eigenvalue weighted by atomic mass is 19.3. The first-order chi connectivity index (χ1) is 4.13. The summed E-state index contributed by atoms with van der Waals surface area (Å²) < 4.78 is 43.3. The fourth-order valence-electron chi connectivity index (χ4n) is 0.0821. The Morgan fingerprint density at radius 3 is 1.33 bits per heavy atom. The second kappa shape index (κ2) is 4.48. The largest absolute Gasteiger partial charge is 0.374 e. The van der Waals surface area contributed by atoms with Crippen LogP contribution < -0.4 is 0 Å². The molecule has 0 aliphatic carbocycles. The molecule has 9 heavy (non-hydrogen) atoms. The molecular formula is C2H2F4O3. The molecule has 0 bridgehead atoms. The SMILES string of the molecule is FC(F)OOOC(F)F. The molecule has 0 fully saturated rings. The van der Waals surface area contributed by atoms with Crippen LogP contribution >= 0.6 is 0 Å². The van der Waals surface area contributed by atoms with Crippen molar-refractivity contribution in [2.45, 2.75) is 13.2 Å². The highest BCUT2D eigenvalue weighted by Crippen LogP contribution is 2.00. The molecule has 0 saturated heterocycles. The van der Waals surface area contributed by atoms with E-state index in [1.54, 1.807) is 0 Å². The van der Waals surface area contributed by atoms with Gasteiger partial charge < -0.3 is 0 Å². The smallest absolute Gasteiger partial charge is 0.176 e. The van der Waals surface area contributed by atoms with Gasteiger partial charge in [-0.25, -0.2) is 0 Å². The van der Waals surface area contributed by atoms with Gasteiger partial charge in [-0.3, -0.25) is 0 Å². The standard InChI is InChI=1S/C2H2F4O3/c3-1(4)7-9-8-2(5)6/h1-2H. The molecule has 0 aromatic heterocycles. The van der Waals surface area contributed by atoms with Crippen molar-refractivity contribution in [2.24, 2.45) is 0 Å². The van der Waals surface area contributed by atoms with Crippen LogP contribution in [0.15, 0.2) is 0 Å². The van der Waals surface area contributed by atoms with E-state index in [4.69, 9.17) is 0 Å². The van der Waals surface area contributed by atoms with E-state index in [2.05, 4.69) is 14.8 Å². The van der Waals surface area contributed by atoms with E-state index in [1.165, 1.54) is 0 Å². The van der Waals surface area contributed by atoms with Crippen LogP contribution in [0.25, 0.3) is 0 Å². The fourth-order valence-corrected chi connectivity index (χ4v) is 0.0821. The van der Waals surface area contributed by atoms with Gasteiger partial charge in [0, 0.05) is 0 Å². The van der Waals surface area contributed by atoms with Crippen LogP contribution in [0.5, 0.6) is 0 Å². The van der Waals surface area contributed by atoms with Crippen LogP contribution in [0.4, 0.5) is 17.6 Å². The van der Waals surface area contributed by atoms with E-state index in [1.807, 2.05) is 0 Å². The lowest BCUT2D eigenvalue weighted by molar-refractivity contribution is -0.582. The molecule has 0 unspecified atom stereocenters. The van der Waals surface area contributed by atoms with Gasteiger partial charge in [-0.05, 0) is 0 Å². The summed E-state index contributed by atoms with van der Waals surface area (Å²) >= 11 is 0. The maximum Gasteiger partial charge on any atom is 0.374 e. The molecule has 0 rings (SSSR count). The molecule has 0 spiro atoms. The zero-order valence-corrected chi connectivity index (χ0v) is 3.89. The molecule has 0 amide bonds. The fraction of sp³-hybridized carbons (Fsp3) is 1.00. The lowest BCUT2D eigenvalue weighted by atomic mass is 11.5. The van der Waals surface area contributed by atoms with Crippen molar-refractivity contribution < 1.29 is 32.4 Å². The van der Waals surface area contributed by atoms with E-state index in [0.29, 0.717) is 0 Å². The van der Waals surface area contributed by atoms with Gasteiger partial charge in [0.1, 0.15) is 0 Å². The Kier molecular flexibility index (Phi) is 4.28. The molecule has 0 aliphatic rings. The summed E-state index contributed by atoms with van der Waals surface area (Å²) in [4.78, 5) is 5.63. The van der Waals surface area contributed by atoms with Crippen LogP contribution in [0.3, 0.4) is 0 Å². The Bertz CT molecular complexity index is 58.8. The quantitative estimate of drug-likeness (QED) is 0.343. The van der Waals surface area contributed by atoms with E-state index in [-0.39, 0.29) is 0 Å². The van der Waals surface area contributed by atoms with Crippen LogP contribution in [0.2, 0.25) is 0 Å². The van der Waals surface area contributed by atoms with Crippen molar-refractivity contribution >= 4 is 0 Å². The molecule has 0 aromatic carbocycles. The molecule has 0 heterocycles.